The van der Waals surface area contributed by atoms with Crippen molar-refractivity contribution < 1.29 is 13.2 Å². The van der Waals surface area contributed by atoms with E-state index in [1.54, 1.807) is 20.8 Å². The van der Waals surface area contributed by atoms with Crippen molar-refractivity contribution in [1.29, 1.82) is 0 Å². The third kappa shape index (κ3) is 6.60. The van der Waals surface area contributed by atoms with E-state index in [0.29, 0.717) is 26.1 Å². The first-order valence-corrected chi connectivity index (χ1v) is 7.46. The lowest BCUT2D eigenvalue weighted by Crippen LogP contribution is -2.49. The highest BCUT2D eigenvalue weighted by atomic mass is 32.2. The van der Waals surface area contributed by atoms with Crippen LogP contribution in [0, 0.1) is 0 Å². The molecule has 0 rings (SSSR count). The lowest BCUT2D eigenvalue weighted by atomic mass is 10.1. The fraction of sp³-hybridized carbons (Fsp3) is 0.900. The lowest BCUT2D eigenvalue weighted by molar-refractivity contribution is -0.125. The summed E-state index contributed by atoms with van der Waals surface area (Å²) in [6.07, 6.45) is 1.75. The first-order valence-electron chi connectivity index (χ1n) is 5.61. The summed E-state index contributed by atoms with van der Waals surface area (Å²) in [4.78, 5) is 11.4. The summed E-state index contributed by atoms with van der Waals surface area (Å²) in [5.74, 6) is -0.236. The number of carbonyl (C=O) groups excluding carboxylic acids is 1. The van der Waals surface area contributed by atoms with Crippen LogP contribution in [0.3, 0.4) is 0 Å². The zero-order valence-electron chi connectivity index (χ0n) is 11.0. The normalized spacial score (nSPS) is 12.8. The van der Waals surface area contributed by atoms with E-state index in [1.807, 2.05) is 0 Å². The maximum absolute atomic E-state index is 11.4. The lowest BCUT2D eigenvalue weighted by Gasteiger charge is -2.20. The Morgan fingerprint density at radius 3 is 2.29 bits per heavy atom. The molecule has 102 valence electrons. The highest BCUT2D eigenvalue weighted by Crippen LogP contribution is 1.99. The molecule has 0 aromatic rings. The number of nitrogens with zero attached hydrogens (tertiary/aromatic N) is 1. The van der Waals surface area contributed by atoms with Gasteiger partial charge >= 0.3 is 0 Å². The SMILES string of the molecule is CCN(CCCNC(=O)C(C)(C)N)S(C)(=O)=O. The average molecular weight is 265 g/mol. The topological polar surface area (TPSA) is 92.5 Å². The molecule has 7 heteroatoms. The average Bonchev–Trinajstić information content (AvgIpc) is 2.13. The third-order valence-electron chi connectivity index (χ3n) is 2.28. The van der Waals surface area contributed by atoms with Crippen molar-refractivity contribution in [3.63, 3.8) is 0 Å². The molecule has 17 heavy (non-hydrogen) atoms. The Kier molecular flexibility index (Phi) is 6.08. The minimum absolute atomic E-state index is 0.236. The number of nitrogens with one attached hydrogen (secondary N) is 1. The Balaban J connectivity index is 3.97. The second-order valence-corrected chi connectivity index (χ2v) is 6.57. The summed E-state index contributed by atoms with van der Waals surface area (Å²) in [6, 6.07) is 0. The van der Waals surface area contributed by atoms with Gasteiger partial charge in [-0.1, -0.05) is 6.92 Å². The molecule has 1 amide bonds. The summed E-state index contributed by atoms with van der Waals surface area (Å²) in [6.45, 7) is 6.29. The van der Waals surface area contributed by atoms with E-state index in [-0.39, 0.29) is 5.91 Å². The fourth-order valence-electron chi connectivity index (χ4n) is 1.24. The minimum Gasteiger partial charge on any atom is -0.354 e. The van der Waals surface area contributed by atoms with Crippen LogP contribution >= 0.6 is 0 Å². The summed E-state index contributed by atoms with van der Waals surface area (Å²) in [7, 11) is -3.15. The maximum Gasteiger partial charge on any atom is 0.239 e. The first kappa shape index (κ1) is 16.3. The molecule has 6 nitrogen and oxygen atoms in total. The number of sulfonamides is 1. The van der Waals surface area contributed by atoms with Gasteiger partial charge in [0.25, 0.3) is 0 Å². The van der Waals surface area contributed by atoms with Crippen LogP contribution in [-0.4, -0.2) is 50.1 Å². The predicted molar refractivity (Wildman–Crippen MR) is 68.0 cm³/mol. The van der Waals surface area contributed by atoms with E-state index in [4.69, 9.17) is 5.73 Å². The van der Waals surface area contributed by atoms with Gasteiger partial charge < -0.3 is 11.1 Å². The van der Waals surface area contributed by atoms with E-state index in [1.165, 1.54) is 10.6 Å². The first-order chi connectivity index (χ1) is 7.59. The largest absolute Gasteiger partial charge is 0.354 e. The van der Waals surface area contributed by atoms with Crippen LogP contribution < -0.4 is 11.1 Å². The zero-order valence-corrected chi connectivity index (χ0v) is 11.8. The number of nitrogens with two attached hydrogens (primary N) is 1. The van der Waals surface area contributed by atoms with Crippen LogP contribution in [0.25, 0.3) is 0 Å². The molecule has 0 saturated heterocycles. The van der Waals surface area contributed by atoms with Gasteiger partial charge in [0.1, 0.15) is 0 Å². The molecular weight excluding hydrogens is 242 g/mol. The third-order valence-corrected chi connectivity index (χ3v) is 3.66. The zero-order chi connectivity index (χ0) is 13.7. The number of rotatable bonds is 7. The van der Waals surface area contributed by atoms with Gasteiger partial charge in [-0.15, -0.1) is 0 Å². The summed E-state index contributed by atoms with van der Waals surface area (Å²) in [5.41, 5.74) is 4.70. The molecule has 0 heterocycles. The van der Waals surface area contributed by atoms with Crippen LogP contribution in [0.15, 0.2) is 0 Å². The van der Waals surface area contributed by atoms with Crippen molar-refractivity contribution in [2.75, 3.05) is 25.9 Å². The molecule has 0 spiro atoms. The second kappa shape index (κ2) is 6.32. The Hall–Kier alpha value is -0.660. The molecule has 0 aliphatic heterocycles. The van der Waals surface area contributed by atoms with Gasteiger partial charge in [0.15, 0.2) is 0 Å². The van der Waals surface area contributed by atoms with E-state index in [9.17, 15) is 13.2 Å². The van der Waals surface area contributed by atoms with Gasteiger partial charge in [-0.05, 0) is 20.3 Å². The molecule has 0 unspecified atom stereocenters. The van der Waals surface area contributed by atoms with E-state index in [2.05, 4.69) is 5.32 Å². The molecule has 0 aromatic heterocycles. The number of hydrogen-bond acceptors (Lipinski definition) is 4. The van der Waals surface area contributed by atoms with Crippen LogP contribution in [0.2, 0.25) is 0 Å². The molecule has 0 saturated carbocycles. The van der Waals surface area contributed by atoms with Gasteiger partial charge in [0.2, 0.25) is 15.9 Å². The van der Waals surface area contributed by atoms with Crippen molar-refractivity contribution in [3.05, 3.63) is 0 Å². The molecule has 0 fully saturated rings. The molecule has 3 N–H and O–H groups in total. The Labute approximate surface area is 104 Å². The molecular formula is C10H23N3O3S. The van der Waals surface area contributed by atoms with Crippen molar-refractivity contribution in [3.8, 4) is 0 Å². The van der Waals surface area contributed by atoms with Crippen molar-refractivity contribution in [2.24, 2.45) is 5.73 Å². The van der Waals surface area contributed by atoms with E-state index < -0.39 is 15.6 Å². The number of amides is 1. The van der Waals surface area contributed by atoms with Gasteiger partial charge in [0, 0.05) is 19.6 Å². The van der Waals surface area contributed by atoms with Crippen molar-refractivity contribution >= 4 is 15.9 Å². The predicted octanol–water partition coefficient (Wildman–Crippen LogP) is -0.488. The smallest absolute Gasteiger partial charge is 0.239 e. The molecule has 0 aromatic carbocycles. The standard InChI is InChI=1S/C10H23N3O3S/c1-5-13(17(4,15)16)8-6-7-12-9(14)10(2,3)11/h5-8,11H2,1-4H3,(H,12,14). The summed E-state index contributed by atoms with van der Waals surface area (Å²) in [5, 5.41) is 2.67. The minimum atomic E-state index is -3.15. The van der Waals surface area contributed by atoms with Crippen molar-refractivity contribution in [1.82, 2.24) is 9.62 Å². The molecule has 0 radical (unpaired) electrons. The highest BCUT2D eigenvalue weighted by molar-refractivity contribution is 7.88. The molecule has 0 aliphatic rings. The molecule has 0 bridgehead atoms. The summed E-state index contributed by atoms with van der Waals surface area (Å²) >= 11 is 0. The quantitative estimate of drug-likeness (QED) is 0.608. The van der Waals surface area contributed by atoms with Crippen LogP contribution in [0.4, 0.5) is 0 Å². The van der Waals surface area contributed by atoms with Gasteiger partial charge in [-0.3, -0.25) is 4.79 Å². The molecule has 0 atom stereocenters. The van der Waals surface area contributed by atoms with Gasteiger partial charge in [-0.2, -0.15) is 0 Å². The number of hydrogen-bond donors (Lipinski definition) is 2. The fourth-order valence-corrected chi connectivity index (χ4v) is 2.17. The number of carbonyl (C=O) groups is 1. The van der Waals surface area contributed by atoms with Crippen LogP contribution in [0.5, 0.6) is 0 Å². The van der Waals surface area contributed by atoms with E-state index in [0.717, 1.165) is 0 Å². The second-order valence-electron chi connectivity index (χ2n) is 4.59. The Morgan fingerprint density at radius 2 is 1.94 bits per heavy atom. The summed E-state index contributed by atoms with van der Waals surface area (Å²) < 4.78 is 23.9. The van der Waals surface area contributed by atoms with Gasteiger partial charge in [-0.25, -0.2) is 12.7 Å². The van der Waals surface area contributed by atoms with Crippen LogP contribution in [0.1, 0.15) is 27.2 Å². The monoisotopic (exact) mass is 265 g/mol. The van der Waals surface area contributed by atoms with Crippen LogP contribution in [-0.2, 0) is 14.8 Å². The maximum atomic E-state index is 11.4. The highest BCUT2D eigenvalue weighted by Gasteiger charge is 2.21. The van der Waals surface area contributed by atoms with E-state index >= 15 is 0 Å². The van der Waals surface area contributed by atoms with Crippen molar-refractivity contribution in [2.45, 2.75) is 32.7 Å². The van der Waals surface area contributed by atoms with Gasteiger partial charge in [0.05, 0.1) is 11.8 Å². The Bertz CT molecular complexity index is 346. The Morgan fingerprint density at radius 1 is 1.41 bits per heavy atom. The molecule has 0 aliphatic carbocycles.